The lowest BCUT2D eigenvalue weighted by molar-refractivity contribution is -0.121. The van der Waals surface area contributed by atoms with E-state index in [2.05, 4.69) is 5.32 Å². The first-order valence-electron chi connectivity index (χ1n) is 6.42. The van der Waals surface area contributed by atoms with E-state index in [0.717, 1.165) is 0 Å². The van der Waals surface area contributed by atoms with Crippen LogP contribution in [0.1, 0.15) is 26.7 Å². The van der Waals surface area contributed by atoms with Crippen LogP contribution < -0.4 is 15.8 Å². The average Bonchev–Trinajstić information content (AvgIpc) is 2.36. The minimum atomic E-state index is -0.302. The third kappa shape index (κ3) is 7.96. The van der Waals surface area contributed by atoms with E-state index in [1.807, 2.05) is 13.8 Å². The molecule has 1 aromatic rings. The van der Waals surface area contributed by atoms with Gasteiger partial charge in [0.15, 0.2) is 0 Å². The second-order valence-corrected chi connectivity index (χ2v) is 4.70. The van der Waals surface area contributed by atoms with Gasteiger partial charge in [0, 0.05) is 12.5 Å². The highest BCUT2D eigenvalue weighted by Gasteiger charge is 2.08. The summed E-state index contributed by atoms with van der Waals surface area (Å²) in [4.78, 5) is 11.5. The summed E-state index contributed by atoms with van der Waals surface area (Å²) in [5.74, 6) is 0.245. The van der Waals surface area contributed by atoms with Gasteiger partial charge in [-0.15, -0.1) is 12.4 Å². The van der Waals surface area contributed by atoms with Crippen molar-refractivity contribution in [2.75, 3.05) is 6.54 Å². The number of hydrogen-bond donors (Lipinski definition) is 2. The summed E-state index contributed by atoms with van der Waals surface area (Å²) in [7, 11) is 0. The topological polar surface area (TPSA) is 64.4 Å². The van der Waals surface area contributed by atoms with Gasteiger partial charge in [-0.3, -0.25) is 4.79 Å². The smallest absolute Gasteiger partial charge is 0.220 e. The van der Waals surface area contributed by atoms with E-state index in [1.54, 1.807) is 12.1 Å². The molecule has 0 aromatic heterocycles. The van der Waals surface area contributed by atoms with E-state index in [1.165, 1.54) is 12.1 Å². The lowest BCUT2D eigenvalue weighted by atomic mass is 10.2. The fraction of sp³-hybridized carbons (Fsp3) is 0.500. The highest BCUT2D eigenvalue weighted by Crippen LogP contribution is 2.12. The molecule has 4 nitrogen and oxygen atoms in total. The second-order valence-electron chi connectivity index (χ2n) is 4.70. The van der Waals surface area contributed by atoms with Crippen molar-refractivity contribution in [3.05, 3.63) is 30.1 Å². The maximum absolute atomic E-state index is 12.7. The normalized spacial score (nSPS) is 13.0. The molecule has 0 saturated heterocycles. The van der Waals surface area contributed by atoms with Crippen LogP contribution >= 0.6 is 12.4 Å². The van der Waals surface area contributed by atoms with Crippen LogP contribution in [-0.2, 0) is 4.79 Å². The fourth-order valence-corrected chi connectivity index (χ4v) is 1.49. The largest absolute Gasteiger partial charge is 0.489 e. The minimum Gasteiger partial charge on any atom is -0.489 e. The summed E-state index contributed by atoms with van der Waals surface area (Å²) < 4.78 is 18.2. The molecule has 3 N–H and O–H groups in total. The Hall–Kier alpha value is -1.33. The Morgan fingerprint density at radius 1 is 1.35 bits per heavy atom. The molecule has 0 fully saturated rings. The van der Waals surface area contributed by atoms with Gasteiger partial charge in [0.1, 0.15) is 17.7 Å². The summed E-state index contributed by atoms with van der Waals surface area (Å²) in [6.45, 7) is 4.12. The standard InChI is InChI=1S/C14H21FN2O2.ClH/c1-10(16)3-8-14(18)17-9-11(2)19-13-6-4-12(15)5-7-13;/h4-7,10-11H,3,8-9,16H2,1-2H3,(H,17,18);1H. The third-order valence-corrected chi connectivity index (χ3v) is 2.56. The number of hydrogen-bond acceptors (Lipinski definition) is 3. The summed E-state index contributed by atoms with van der Waals surface area (Å²) in [6.07, 6.45) is 0.907. The van der Waals surface area contributed by atoms with E-state index >= 15 is 0 Å². The van der Waals surface area contributed by atoms with Crippen LogP contribution in [-0.4, -0.2) is 24.6 Å². The summed E-state index contributed by atoms with van der Waals surface area (Å²) in [5, 5.41) is 2.78. The van der Waals surface area contributed by atoms with E-state index in [4.69, 9.17) is 10.5 Å². The predicted molar refractivity (Wildman–Crippen MR) is 79.6 cm³/mol. The number of halogens is 2. The van der Waals surface area contributed by atoms with Crippen molar-refractivity contribution >= 4 is 18.3 Å². The van der Waals surface area contributed by atoms with Crippen molar-refractivity contribution < 1.29 is 13.9 Å². The monoisotopic (exact) mass is 304 g/mol. The third-order valence-electron chi connectivity index (χ3n) is 2.56. The summed E-state index contributed by atoms with van der Waals surface area (Å²) >= 11 is 0. The van der Waals surface area contributed by atoms with Gasteiger partial charge in [-0.25, -0.2) is 4.39 Å². The van der Waals surface area contributed by atoms with Gasteiger partial charge in [-0.05, 0) is 44.5 Å². The van der Waals surface area contributed by atoms with Gasteiger partial charge < -0.3 is 15.8 Å². The molecule has 114 valence electrons. The van der Waals surface area contributed by atoms with Crippen LogP contribution in [0.15, 0.2) is 24.3 Å². The zero-order chi connectivity index (χ0) is 14.3. The van der Waals surface area contributed by atoms with Gasteiger partial charge in [-0.2, -0.15) is 0 Å². The SMILES string of the molecule is CC(N)CCC(=O)NCC(C)Oc1ccc(F)cc1.Cl. The molecule has 0 aliphatic carbocycles. The van der Waals surface area contributed by atoms with E-state index < -0.39 is 0 Å². The number of carbonyl (C=O) groups excluding carboxylic acids is 1. The maximum atomic E-state index is 12.7. The fourth-order valence-electron chi connectivity index (χ4n) is 1.49. The molecule has 6 heteroatoms. The van der Waals surface area contributed by atoms with Crippen molar-refractivity contribution in [3.8, 4) is 5.75 Å². The first kappa shape index (κ1) is 18.7. The minimum absolute atomic E-state index is 0. The molecule has 0 aliphatic heterocycles. The van der Waals surface area contributed by atoms with Crippen LogP contribution in [0.25, 0.3) is 0 Å². The predicted octanol–water partition coefficient (Wildman–Crippen LogP) is 2.26. The number of carbonyl (C=O) groups is 1. The molecular weight excluding hydrogens is 283 g/mol. The Bertz CT molecular complexity index is 399. The lowest BCUT2D eigenvalue weighted by Crippen LogP contribution is -2.34. The first-order valence-corrected chi connectivity index (χ1v) is 6.42. The van der Waals surface area contributed by atoms with Crippen LogP contribution in [0.4, 0.5) is 4.39 Å². The highest BCUT2D eigenvalue weighted by atomic mass is 35.5. The number of ether oxygens (including phenoxy) is 1. The van der Waals surface area contributed by atoms with Gasteiger partial charge in [0.05, 0.1) is 6.54 Å². The maximum Gasteiger partial charge on any atom is 0.220 e. The van der Waals surface area contributed by atoms with Gasteiger partial charge in [0.25, 0.3) is 0 Å². The molecule has 1 amide bonds. The molecule has 2 atom stereocenters. The van der Waals surface area contributed by atoms with Gasteiger partial charge >= 0.3 is 0 Å². The van der Waals surface area contributed by atoms with Crippen molar-refractivity contribution in [2.45, 2.75) is 38.8 Å². The number of benzene rings is 1. The molecule has 2 unspecified atom stereocenters. The second kappa shape index (κ2) is 9.55. The number of nitrogens with two attached hydrogens (primary N) is 1. The highest BCUT2D eigenvalue weighted by molar-refractivity contribution is 5.85. The number of nitrogens with one attached hydrogen (secondary N) is 1. The van der Waals surface area contributed by atoms with E-state index in [-0.39, 0.29) is 36.3 Å². The van der Waals surface area contributed by atoms with Crippen LogP contribution in [0.2, 0.25) is 0 Å². The Balaban J connectivity index is 0.00000361. The molecule has 0 saturated carbocycles. The molecule has 0 spiro atoms. The van der Waals surface area contributed by atoms with Crippen LogP contribution in [0, 0.1) is 5.82 Å². The van der Waals surface area contributed by atoms with Crippen LogP contribution in [0.5, 0.6) is 5.75 Å². The summed E-state index contributed by atoms with van der Waals surface area (Å²) in [5.41, 5.74) is 5.58. The van der Waals surface area contributed by atoms with Gasteiger partial charge in [0.2, 0.25) is 5.91 Å². The molecule has 0 aliphatic rings. The van der Waals surface area contributed by atoms with Crippen molar-refractivity contribution in [3.63, 3.8) is 0 Å². The average molecular weight is 305 g/mol. The molecule has 0 heterocycles. The molecular formula is C14H22ClFN2O2. The molecule has 0 bridgehead atoms. The Morgan fingerprint density at radius 3 is 2.50 bits per heavy atom. The Labute approximate surface area is 125 Å². The van der Waals surface area contributed by atoms with Crippen molar-refractivity contribution in [1.82, 2.24) is 5.32 Å². The molecule has 1 rings (SSSR count). The molecule has 1 aromatic carbocycles. The zero-order valence-electron chi connectivity index (χ0n) is 11.8. The summed E-state index contributed by atoms with van der Waals surface area (Å²) in [6, 6.07) is 5.82. The van der Waals surface area contributed by atoms with E-state index in [9.17, 15) is 9.18 Å². The number of amides is 1. The number of rotatable bonds is 7. The van der Waals surface area contributed by atoms with Crippen LogP contribution in [0.3, 0.4) is 0 Å². The van der Waals surface area contributed by atoms with E-state index in [0.29, 0.717) is 25.1 Å². The first-order chi connectivity index (χ1) is 8.97. The quantitative estimate of drug-likeness (QED) is 0.812. The zero-order valence-corrected chi connectivity index (χ0v) is 12.6. The molecule has 0 radical (unpaired) electrons. The van der Waals surface area contributed by atoms with Crippen molar-refractivity contribution in [2.24, 2.45) is 5.73 Å². The Morgan fingerprint density at radius 2 is 1.95 bits per heavy atom. The molecule has 20 heavy (non-hydrogen) atoms. The lowest BCUT2D eigenvalue weighted by Gasteiger charge is -2.15. The van der Waals surface area contributed by atoms with Gasteiger partial charge in [-0.1, -0.05) is 0 Å². The Kier molecular flexibility index (Phi) is 8.92. The van der Waals surface area contributed by atoms with Crippen molar-refractivity contribution in [1.29, 1.82) is 0 Å².